The van der Waals surface area contributed by atoms with E-state index in [1.165, 1.54) is 21.6 Å². The molecule has 1 aliphatic heterocycles. The van der Waals surface area contributed by atoms with Crippen LogP contribution in [0.5, 0.6) is 0 Å². The minimum absolute atomic E-state index is 0.0676. The van der Waals surface area contributed by atoms with Crippen LogP contribution in [0.4, 0.5) is 11.4 Å². The summed E-state index contributed by atoms with van der Waals surface area (Å²) < 4.78 is 0. The van der Waals surface area contributed by atoms with Gasteiger partial charge >= 0.3 is 0 Å². The average Bonchev–Trinajstić information content (AvgIpc) is 2.69. The van der Waals surface area contributed by atoms with Gasteiger partial charge in [0.25, 0.3) is 5.91 Å². The Morgan fingerprint density at radius 2 is 1.72 bits per heavy atom. The zero-order valence-corrected chi connectivity index (χ0v) is 18.6. The third-order valence-corrected chi connectivity index (χ3v) is 6.17. The van der Waals surface area contributed by atoms with E-state index in [0.29, 0.717) is 6.54 Å². The van der Waals surface area contributed by atoms with Gasteiger partial charge in [-0.3, -0.25) is 4.79 Å². The monoisotopic (exact) mass is 411 g/mol. The van der Waals surface area contributed by atoms with Gasteiger partial charge in [-0.2, -0.15) is 0 Å². The number of thiocarbonyl (C=S) groups is 1. The third kappa shape index (κ3) is 5.55. The number of anilines is 2. The predicted molar refractivity (Wildman–Crippen MR) is 124 cm³/mol. The zero-order valence-electron chi connectivity index (χ0n) is 17.8. The largest absolute Gasteiger partial charge is 0.338 e. The van der Waals surface area contributed by atoms with Crippen LogP contribution in [0.15, 0.2) is 36.4 Å². The SMILES string of the molecule is Cc1ccc(NC(=S)N2CC[NH+](CC(=O)Nc3cccc(C)c3C)CC2)cc1C. The second kappa shape index (κ2) is 9.37. The Morgan fingerprint density at radius 3 is 2.41 bits per heavy atom. The van der Waals surface area contributed by atoms with Crippen molar-refractivity contribution < 1.29 is 9.69 Å². The summed E-state index contributed by atoms with van der Waals surface area (Å²) >= 11 is 5.60. The molecule has 0 saturated carbocycles. The normalized spacial score (nSPS) is 14.6. The maximum Gasteiger partial charge on any atom is 0.279 e. The fourth-order valence-electron chi connectivity index (χ4n) is 3.53. The molecule has 154 valence electrons. The van der Waals surface area contributed by atoms with E-state index in [1.54, 1.807) is 0 Å². The first-order valence-corrected chi connectivity index (χ1v) is 10.6. The van der Waals surface area contributed by atoms with Gasteiger partial charge in [-0.25, -0.2) is 0 Å². The van der Waals surface area contributed by atoms with E-state index in [2.05, 4.69) is 60.6 Å². The summed E-state index contributed by atoms with van der Waals surface area (Å²) in [7, 11) is 0. The van der Waals surface area contributed by atoms with E-state index < -0.39 is 0 Å². The lowest BCUT2D eigenvalue weighted by Crippen LogP contribution is -3.15. The Bertz CT molecular complexity index is 904. The van der Waals surface area contributed by atoms with Gasteiger partial charge in [0.1, 0.15) is 0 Å². The van der Waals surface area contributed by atoms with Crippen LogP contribution >= 0.6 is 12.2 Å². The molecule has 2 aromatic carbocycles. The lowest BCUT2D eigenvalue weighted by Gasteiger charge is -2.33. The molecule has 0 bridgehead atoms. The molecule has 3 rings (SSSR count). The van der Waals surface area contributed by atoms with Gasteiger partial charge in [-0.1, -0.05) is 18.2 Å². The van der Waals surface area contributed by atoms with E-state index >= 15 is 0 Å². The molecule has 2 aromatic rings. The molecule has 1 aliphatic rings. The van der Waals surface area contributed by atoms with E-state index in [-0.39, 0.29) is 5.91 Å². The first-order valence-electron chi connectivity index (χ1n) is 10.2. The van der Waals surface area contributed by atoms with Crippen LogP contribution in [-0.4, -0.2) is 48.6 Å². The van der Waals surface area contributed by atoms with Crippen molar-refractivity contribution in [3.8, 4) is 0 Å². The molecule has 0 spiro atoms. The number of carbonyl (C=O) groups is 1. The molecule has 0 aromatic heterocycles. The second-order valence-electron chi connectivity index (χ2n) is 7.94. The highest BCUT2D eigenvalue weighted by atomic mass is 32.1. The fourth-order valence-corrected chi connectivity index (χ4v) is 3.83. The third-order valence-electron chi connectivity index (χ3n) is 5.81. The summed E-state index contributed by atoms with van der Waals surface area (Å²) in [4.78, 5) is 16.0. The van der Waals surface area contributed by atoms with Crippen molar-refractivity contribution in [2.45, 2.75) is 27.7 Å². The van der Waals surface area contributed by atoms with Crippen LogP contribution in [0.3, 0.4) is 0 Å². The van der Waals surface area contributed by atoms with Gasteiger partial charge in [0.2, 0.25) is 0 Å². The van der Waals surface area contributed by atoms with Crippen LogP contribution < -0.4 is 15.5 Å². The highest BCUT2D eigenvalue weighted by Gasteiger charge is 2.24. The smallest absolute Gasteiger partial charge is 0.279 e. The quantitative estimate of drug-likeness (QED) is 0.677. The van der Waals surface area contributed by atoms with Crippen molar-refractivity contribution in [3.63, 3.8) is 0 Å². The average molecular weight is 412 g/mol. The van der Waals surface area contributed by atoms with Crippen LogP contribution in [0, 0.1) is 27.7 Å². The number of hydrogen-bond donors (Lipinski definition) is 3. The number of quaternary nitrogens is 1. The molecule has 1 saturated heterocycles. The molecule has 5 nitrogen and oxygen atoms in total. The first kappa shape index (κ1) is 21.3. The van der Waals surface area contributed by atoms with Crippen molar-refractivity contribution in [1.29, 1.82) is 0 Å². The molecule has 0 aliphatic carbocycles. The van der Waals surface area contributed by atoms with Gasteiger partial charge in [-0.15, -0.1) is 0 Å². The van der Waals surface area contributed by atoms with Crippen molar-refractivity contribution in [1.82, 2.24) is 4.90 Å². The molecule has 1 fully saturated rings. The maximum atomic E-state index is 12.5. The minimum atomic E-state index is 0.0676. The van der Waals surface area contributed by atoms with Crippen molar-refractivity contribution in [2.75, 3.05) is 43.4 Å². The number of benzene rings is 2. The van der Waals surface area contributed by atoms with Gasteiger partial charge in [0.15, 0.2) is 11.7 Å². The van der Waals surface area contributed by atoms with Gasteiger partial charge in [0, 0.05) is 11.4 Å². The molecule has 1 heterocycles. The first-order chi connectivity index (χ1) is 13.8. The zero-order chi connectivity index (χ0) is 21.0. The topological polar surface area (TPSA) is 48.8 Å². The summed E-state index contributed by atoms with van der Waals surface area (Å²) in [6.45, 7) is 12.3. The Hall–Kier alpha value is -2.44. The minimum Gasteiger partial charge on any atom is -0.338 e. The van der Waals surface area contributed by atoms with Crippen molar-refractivity contribution >= 4 is 34.6 Å². The summed E-state index contributed by atoms with van der Waals surface area (Å²) in [5.41, 5.74) is 6.78. The summed E-state index contributed by atoms with van der Waals surface area (Å²) in [6.07, 6.45) is 0. The molecule has 6 heteroatoms. The Morgan fingerprint density at radius 1 is 1.00 bits per heavy atom. The maximum absolute atomic E-state index is 12.5. The molecule has 0 unspecified atom stereocenters. The second-order valence-corrected chi connectivity index (χ2v) is 8.33. The molecule has 29 heavy (non-hydrogen) atoms. The lowest BCUT2D eigenvalue weighted by molar-refractivity contribution is -0.895. The van der Waals surface area contributed by atoms with Crippen LogP contribution in [0.2, 0.25) is 0 Å². The Labute approximate surface area is 179 Å². The number of nitrogens with one attached hydrogen (secondary N) is 3. The summed E-state index contributed by atoms with van der Waals surface area (Å²) in [5.74, 6) is 0.0676. The number of nitrogens with zero attached hydrogens (tertiary/aromatic N) is 1. The predicted octanol–water partition coefficient (Wildman–Crippen LogP) is 2.46. The molecular weight excluding hydrogens is 380 g/mol. The highest BCUT2D eigenvalue weighted by molar-refractivity contribution is 7.80. The summed E-state index contributed by atoms with van der Waals surface area (Å²) in [6, 6.07) is 12.3. The van der Waals surface area contributed by atoms with E-state index in [0.717, 1.165) is 48.2 Å². The van der Waals surface area contributed by atoms with Crippen molar-refractivity contribution in [3.05, 3.63) is 58.7 Å². The molecule has 1 amide bonds. The Balaban J connectivity index is 1.47. The fraction of sp³-hybridized carbons (Fsp3) is 0.391. The highest BCUT2D eigenvalue weighted by Crippen LogP contribution is 2.17. The molecule has 0 atom stereocenters. The summed E-state index contributed by atoms with van der Waals surface area (Å²) in [5, 5.41) is 7.17. The molecule has 3 N–H and O–H groups in total. The van der Waals surface area contributed by atoms with Gasteiger partial charge < -0.3 is 20.4 Å². The van der Waals surface area contributed by atoms with E-state index in [4.69, 9.17) is 12.2 Å². The van der Waals surface area contributed by atoms with E-state index in [9.17, 15) is 4.79 Å². The van der Waals surface area contributed by atoms with E-state index in [1.807, 2.05) is 19.1 Å². The van der Waals surface area contributed by atoms with Crippen LogP contribution in [0.25, 0.3) is 0 Å². The Kier molecular flexibility index (Phi) is 6.87. The number of hydrogen-bond acceptors (Lipinski definition) is 2. The number of amides is 1. The standard InChI is InChI=1S/C23H30N4OS/c1-16-8-9-20(14-18(16)3)24-23(29)27-12-10-26(11-13-27)15-22(28)25-21-7-5-6-17(2)19(21)4/h5-9,14H,10-13,15H2,1-4H3,(H,24,29)(H,25,28)/p+1. The molecular formula is C23H31N4OS+. The van der Waals surface area contributed by atoms with Crippen LogP contribution in [-0.2, 0) is 4.79 Å². The van der Waals surface area contributed by atoms with Gasteiger partial charge in [-0.05, 0) is 80.4 Å². The van der Waals surface area contributed by atoms with Crippen LogP contribution in [0.1, 0.15) is 22.3 Å². The van der Waals surface area contributed by atoms with Crippen molar-refractivity contribution in [2.24, 2.45) is 0 Å². The number of aryl methyl sites for hydroxylation is 3. The van der Waals surface area contributed by atoms with Gasteiger partial charge in [0.05, 0.1) is 26.2 Å². The molecule has 0 radical (unpaired) electrons. The number of rotatable bonds is 4. The number of carbonyl (C=O) groups excluding carboxylic acids is 1. The number of piperazine rings is 1. The lowest BCUT2D eigenvalue weighted by atomic mass is 10.1.